The van der Waals surface area contributed by atoms with Crippen LogP contribution in [-0.4, -0.2) is 51.0 Å². The molecule has 0 bridgehead atoms. The summed E-state index contributed by atoms with van der Waals surface area (Å²) in [6.07, 6.45) is 6.32. The number of aliphatic imine (C=N–C) groups is 4. The summed E-state index contributed by atoms with van der Waals surface area (Å²) in [7, 11) is 0. The van der Waals surface area contributed by atoms with Crippen molar-refractivity contribution < 1.29 is 81.7 Å². The Morgan fingerprint density at radius 1 is 0.471 bits per heavy atom. The van der Waals surface area contributed by atoms with Gasteiger partial charge in [-0.05, 0) is 49.9 Å². The Labute approximate surface area is 354 Å². The van der Waals surface area contributed by atoms with Crippen molar-refractivity contribution in [3.05, 3.63) is 117 Å². The number of hydrogen-bond acceptors (Lipinski definition) is 8. The summed E-state index contributed by atoms with van der Waals surface area (Å²) < 4.78 is 0. The second kappa shape index (κ2) is 30.5. The molecule has 0 aromatic heterocycles. The maximum absolute atomic E-state index is 11.6. The van der Waals surface area contributed by atoms with E-state index in [1.54, 1.807) is 73.4 Å². The van der Waals surface area contributed by atoms with Crippen LogP contribution in [0.5, 0.6) is 23.0 Å². The molecule has 15 heteroatoms. The number of nitrogens with zero attached hydrogens (tertiary/aromatic N) is 4. The van der Waals surface area contributed by atoms with Gasteiger partial charge in [-0.2, -0.15) is 0 Å². The van der Waals surface area contributed by atoms with E-state index in [1.807, 2.05) is 52.0 Å². The van der Waals surface area contributed by atoms with Crippen LogP contribution in [0.15, 0.2) is 92.8 Å². The fourth-order valence-corrected chi connectivity index (χ4v) is 3.96. The van der Waals surface area contributed by atoms with Crippen LogP contribution in [-0.2, 0) is 48.1 Å². The molecule has 0 spiro atoms. The van der Waals surface area contributed by atoms with Crippen molar-refractivity contribution in [2.24, 2.45) is 20.0 Å². The summed E-state index contributed by atoms with van der Waals surface area (Å²) in [6.45, 7) is 9.64. The van der Waals surface area contributed by atoms with Gasteiger partial charge < -0.3 is 31.4 Å². The van der Waals surface area contributed by atoms with Crippen LogP contribution in [0.1, 0.15) is 44.5 Å². The molecule has 0 unspecified atom stereocenters. The zero-order chi connectivity index (χ0) is 34.6. The van der Waals surface area contributed by atoms with Crippen molar-refractivity contribution in [1.82, 2.24) is 0 Å². The summed E-state index contributed by atoms with van der Waals surface area (Å²) in [5.41, 5.74) is 6.47. The molecule has 0 amide bonds. The zero-order valence-corrected chi connectivity index (χ0v) is 37.6. The number of hydrogen-bond donors (Lipinski definition) is 0. The van der Waals surface area contributed by atoms with Gasteiger partial charge >= 0.3 is 69.0 Å². The maximum atomic E-state index is 11.6. The molecule has 0 aliphatic rings. The van der Waals surface area contributed by atoms with Crippen LogP contribution < -0.4 is 33.7 Å². The third-order valence-electron chi connectivity index (χ3n) is 6.30. The molecule has 0 saturated carbocycles. The Balaban J connectivity index is -0.000000781. The predicted octanol–water partition coefficient (Wildman–Crippen LogP) is 2.51. The second-order valence-electron chi connectivity index (χ2n) is 10.4. The first-order valence-electron chi connectivity index (χ1n) is 14.5. The molecule has 0 saturated heterocycles. The fraction of sp³-hybridized carbons (Fsp3) is 0.222. The molecular weight excluding hydrogens is 1070 g/mol. The Bertz CT molecular complexity index is 1460. The molecule has 0 aliphatic heterocycles. The van der Waals surface area contributed by atoms with Gasteiger partial charge in [-0.15, -0.1) is 23.0 Å². The molecule has 4 rings (SSSR count). The van der Waals surface area contributed by atoms with Gasteiger partial charge in [0.25, 0.3) is 0 Å². The van der Waals surface area contributed by atoms with E-state index in [0.717, 1.165) is 22.3 Å². The summed E-state index contributed by atoms with van der Waals surface area (Å²) in [5.74, 6) is -0.135. The van der Waals surface area contributed by atoms with Gasteiger partial charge in [-0.25, -0.2) is 0 Å². The molecule has 51 heavy (non-hydrogen) atoms. The second-order valence-corrected chi connectivity index (χ2v) is 26.6. The van der Waals surface area contributed by atoms with Crippen molar-refractivity contribution >= 4 is 62.1 Å². The Morgan fingerprint density at radius 3 is 0.824 bits per heavy atom. The van der Waals surface area contributed by atoms with Gasteiger partial charge in [0, 0.05) is 43.4 Å². The first kappa shape index (κ1) is 53.4. The third kappa shape index (κ3) is 22.0. The van der Waals surface area contributed by atoms with Gasteiger partial charge in [-0.1, -0.05) is 95.1 Å². The Hall–Kier alpha value is -1.96. The fourth-order valence-electron chi connectivity index (χ4n) is 3.96. The predicted molar refractivity (Wildman–Crippen MR) is 202 cm³/mol. The molecule has 4 aromatic carbocycles. The topological polar surface area (TPSA) is 199 Å². The molecular formula is C36H36I3N4O6V2-5. The third-order valence-corrected chi connectivity index (χ3v) is 6.30. The Kier molecular flexibility index (Phi) is 31.9. The van der Waals surface area contributed by atoms with Crippen LogP contribution >= 0.6 is 37.2 Å². The minimum Gasteiger partial charge on any atom is -2.00 e. The van der Waals surface area contributed by atoms with Crippen LogP contribution in [0.4, 0.5) is 0 Å². The van der Waals surface area contributed by atoms with Gasteiger partial charge in [-0.3, -0.25) is 20.0 Å². The number of halogens is 3. The molecule has 0 atom stereocenters. The summed E-state index contributed by atoms with van der Waals surface area (Å²) >= 11 is 5.30. The van der Waals surface area contributed by atoms with E-state index in [4.69, 9.17) is 0 Å². The van der Waals surface area contributed by atoms with Crippen molar-refractivity contribution in [2.75, 3.05) is 26.2 Å². The van der Waals surface area contributed by atoms with Crippen molar-refractivity contribution in [1.29, 1.82) is 0 Å². The van der Waals surface area contributed by atoms with Crippen molar-refractivity contribution in [2.45, 2.75) is 27.7 Å². The van der Waals surface area contributed by atoms with Crippen molar-refractivity contribution in [3.8, 4) is 23.0 Å². The maximum Gasteiger partial charge on any atom is 4.00 e. The summed E-state index contributed by atoms with van der Waals surface area (Å²) in [5, 5.41) is 46.4. The molecule has 0 fully saturated rings. The van der Waals surface area contributed by atoms with Crippen LogP contribution in [0.3, 0.4) is 0 Å². The Morgan fingerprint density at radius 2 is 0.647 bits per heavy atom. The SMILES string of the molecule is Cc1ccc([O-])c(C=NCCN=Cc2cc(C)ccc2[O-])c1.Cc1ccc([O-])c(C=NCCN=Cc2cc(C)ccc2[O-])c1.I[I-]I.[O-2].[O-2].[V+4].[V]. The van der Waals surface area contributed by atoms with Crippen LogP contribution in [0.2, 0.25) is 0 Å². The molecule has 0 heterocycles. The number of rotatable bonds is 10. The average Bonchev–Trinajstić information content (AvgIpc) is 3.03. The summed E-state index contributed by atoms with van der Waals surface area (Å²) in [4.78, 5) is 16.8. The minimum absolute atomic E-state index is 0. The molecule has 0 N–H and O–H groups in total. The van der Waals surface area contributed by atoms with E-state index in [0.29, 0.717) is 61.7 Å². The molecule has 4 aromatic rings. The average molecular weight is 1100 g/mol. The number of aryl methyl sites for hydroxylation is 4. The first-order chi connectivity index (χ1) is 22.5. The van der Waals surface area contributed by atoms with E-state index in [-0.39, 0.29) is 71.1 Å². The van der Waals surface area contributed by atoms with Crippen LogP contribution in [0, 0.1) is 27.7 Å². The minimum atomic E-state index is -0.0337. The van der Waals surface area contributed by atoms with Gasteiger partial charge in [0.1, 0.15) is 0 Å². The van der Waals surface area contributed by atoms with E-state index >= 15 is 0 Å². The standard InChI is InChI=1S/2C18H20N2O2.I3.2O.2V/c2*1-13-3-5-17(21)15(9-13)11-19-7-8-20-12-16-10-14(2)4-6-18(16)22;1-3-2;;;;/h2*3-6,9-12,21-22H,7-8H2,1-2H3;;;;;/q;;-1;2*-2;;+4/p-4. The van der Waals surface area contributed by atoms with E-state index in [2.05, 4.69) is 57.2 Å². The first-order valence-corrected chi connectivity index (χ1v) is 27.1. The number of benzene rings is 4. The smallest absolute Gasteiger partial charge is 2.00 e. The quantitative estimate of drug-likeness (QED) is 0.134. The monoisotopic (exact) mass is 1100 g/mol. The van der Waals surface area contributed by atoms with Gasteiger partial charge in [0.05, 0.1) is 26.2 Å². The molecule has 10 nitrogen and oxygen atoms in total. The normalized spacial score (nSPS) is 10.4. The van der Waals surface area contributed by atoms with Crippen molar-refractivity contribution in [3.63, 3.8) is 0 Å². The van der Waals surface area contributed by atoms with E-state index in [1.165, 1.54) is 0 Å². The zero-order valence-electron chi connectivity index (χ0n) is 28.3. The molecule has 2 radical (unpaired) electrons. The van der Waals surface area contributed by atoms with E-state index < -0.39 is 0 Å². The largest absolute Gasteiger partial charge is 4.00 e. The van der Waals surface area contributed by atoms with Crippen LogP contribution in [0.25, 0.3) is 0 Å². The van der Waals surface area contributed by atoms with Gasteiger partial charge in [0.15, 0.2) is 0 Å². The molecule has 0 aliphatic carbocycles. The summed E-state index contributed by atoms with van der Waals surface area (Å²) in [6, 6.07) is 20.6. The van der Waals surface area contributed by atoms with Gasteiger partial charge in [0.2, 0.25) is 0 Å². The molecule has 272 valence electrons. The van der Waals surface area contributed by atoms with E-state index in [9.17, 15) is 20.4 Å².